The predicted octanol–water partition coefficient (Wildman–Crippen LogP) is 2.33. The first kappa shape index (κ1) is 21.9. The quantitative estimate of drug-likeness (QED) is 0.425. The van der Waals surface area contributed by atoms with E-state index >= 15 is 0 Å². The van der Waals surface area contributed by atoms with Crippen molar-refractivity contribution in [1.29, 1.82) is 0 Å². The van der Waals surface area contributed by atoms with Gasteiger partial charge >= 0.3 is 0 Å². The fourth-order valence-electron chi connectivity index (χ4n) is 5.09. The van der Waals surface area contributed by atoms with E-state index in [1.165, 1.54) is 0 Å². The van der Waals surface area contributed by atoms with Gasteiger partial charge in [-0.25, -0.2) is 9.97 Å². The number of rotatable bonds is 4. The molecule has 2 saturated heterocycles. The van der Waals surface area contributed by atoms with Crippen LogP contribution in [0.3, 0.4) is 0 Å². The molecule has 2 aliphatic rings. The Balaban J connectivity index is 1.22. The van der Waals surface area contributed by atoms with Crippen molar-refractivity contribution in [2.45, 2.75) is 31.5 Å². The van der Waals surface area contributed by atoms with Gasteiger partial charge in [0.1, 0.15) is 18.1 Å². The van der Waals surface area contributed by atoms with Crippen LogP contribution in [0.1, 0.15) is 18.7 Å². The second-order valence-electron chi connectivity index (χ2n) is 8.96. The summed E-state index contributed by atoms with van der Waals surface area (Å²) in [6, 6.07) is 13.4. The highest BCUT2D eigenvalue weighted by molar-refractivity contribution is 5.74. The van der Waals surface area contributed by atoms with Crippen molar-refractivity contribution in [3.8, 4) is 28.8 Å². The minimum absolute atomic E-state index is 0.166. The summed E-state index contributed by atoms with van der Waals surface area (Å²) in [5, 5.41) is 22.9. The Morgan fingerprint density at radius 3 is 2.64 bits per heavy atom. The van der Waals surface area contributed by atoms with Crippen molar-refractivity contribution in [2.75, 3.05) is 28.6 Å². The number of hydrogen-bond donors (Lipinski definition) is 2. The summed E-state index contributed by atoms with van der Waals surface area (Å²) >= 11 is 0. The van der Waals surface area contributed by atoms with Crippen LogP contribution in [0.5, 0.6) is 5.75 Å². The first-order chi connectivity index (χ1) is 17.7. The van der Waals surface area contributed by atoms with E-state index in [-0.39, 0.29) is 17.8 Å². The Bertz CT molecular complexity index is 1430. The largest absolute Gasteiger partial charge is 0.507 e. The van der Waals surface area contributed by atoms with E-state index in [1.54, 1.807) is 29.2 Å². The fraction of sp³-hybridized carbons (Fsp3) is 0.269. The molecule has 5 heterocycles. The van der Waals surface area contributed by atoms with E-state index in [1.807, 2.05) is 36.5 Å². The van der Waals surface area contributed by atoms with Gasteiger partial charge in [-0.15, -0.1) is 10.2 Å². The second-order valence-corrected chi connectivity index (χ2v) is 8.96. The van der Waals surface area contributed by atoms with Crippen LogP contribution in [-0.2, 0) is 6.54 Å². The Morgan fingerprint density at radius 1 is 1.03 bits per heavy atom. The van der Waals surface area contributed by atoms with Gasteiger partial charge in [0.05, 0.1) is 11.4 Å². The van der Waals surface area contributed by atoms with Gasteiger partial charge in [-0.1, -0.05) is 18.1 Å². The number of aromatic nitrogens is 6. The van der Waals surface area contributed by atoms with Gasteiger partial charge in [0, 0.05) is 49.3 Å². The molecule has 10 heteroatoms. The summed E-state index contributed by atoms with van der Waals surface area (Å²) in [6.45, 7) is 2.07. The summed E-state index contributed by atoms with van der Waals surface area (Å²) in [4.78, 5) is 13.8. The standard InChI is InChI=1S/C26H25N9O/c27-26-22(15-21(31-32-26)20-5-1-2-6-23(20)36)33-16-18-8-9-19(17-33)35(18)25-10-12-28-24(30-25)7-3-13-34-14-4-11-29-34/h1-2,4-6,10-12,14-15,18-19,36H,8-9,13,16-17H2,(H2,27,32). The summed E-state index contributed by atoms with van der Waals surface area (Å²) in [7, 11) is 0. The molecule has 36 heavy (non-hydrogen) atoms. The number of hydrogen-bond acceptors (Lipinski definition) is 9. The maximum atomic E-state index is 10.3. The number of nitrogens with zero attached hydrogens (tertiary/aromatic N) is 8. The van der Waals surface area contributed by atoms with Gasteiger partial charge < -0.3 is 20.6 Å². The maximum Gasteiger partial charge on any atom is 0.206 e. The van der Waals surface area contributed by atoms with Crippen LogP contribution >= 0.6 is 0 Å². The molecule has 0 aliphatic carbocycles. The molecule has 3 aromatic heterocycles. The molecule has 3 N–H and O–H groups in total. The molecule has 180 valence electrons. The highest BCUT2D eigenvalue weighted by Gasteiger charge is 2.41. The fourth-order valence-corrected chi connectivity index (χ4v) is 5.09. The van der Waals surface area contributed by atoms with Crippen molar-refractivity contribution in [2.24, 2.45) is 0 Å². The molecule has 2 aliphatic heterocycles. The molecule has 10 nitrogen and oxygen atoms in total. The highest BCUT2D eigenvalue weighted by Crippen LogP contribution is 2.38. The molecule has 4 aromatic rings. The SMILES string of the molecule is Nc1nnc(-c2ccccc2O)cc1N1CC2CCC(C1)N2c1ccnc(C#CCn2cccn2)n1. The molecule has 1 aromatic carbocycles. The second kappa shape index (κ2) is 9.19. The Labute approximate surface area is 208 Å². The molecular weight excluding hydrogens is 454 g/mol. The van der Waals surface area contributed by atoms with E-state index in [0.29, 0.717) is 29.4 Å². The third-order valence-corrected chi connectivity index (χ3v) is 6.71. The van der Waals surface area contributed by atoms with E-state index in [2.05, 4.69) is 41.9 Å². The van der Waals surface area contributed by atoms with Crippen molar-refractivity contribution < 1.29 is 5.11 Å². The summed E-state index contributed by atoms with van der Waals surface area (Å²) in [5.41, 5.74) is 8.33. The number of nitrogens with two attached hydrogens (primary N) is 1. The molecule has 0 spiro atoms. The molecule has 0 saturated carbocycles. The number of fused-ring (bicyclic) bond motifs is 2. The lowest BCUT2D eigenvalue weighted by atomic mass is 10.1. The molecule has 0 radical (unpaired) electrons. The van der Waals surface area contributed by atoms with Gasteiger partial charge in [0.15, 0.2) is 5.82 Å². The lowest BCUT2D eigenvalue weighted by Gasteiger charge is -2.42. The topological polar surface area (TPSA) is 122 Å². The number of phenolic OH excluding ortho intramolecular Hbond substituents is 1. The van der Waals surface area contributed by atoms with E-state index in [9.17, 15) is 5.11 Å². The van der Waals surface area contributed by atoms with Crippen molar-refractivity contribution >= 4 is 17.3 Å². The maximum absolute atomic E-state index is 10.3. The molecule has 2 fully saturated rings. The monoisotopic (exact) mass is 479 g/mol. The van der Waals surface area contributed by atoms with Crippen LogP contribution in [-0.4, -0.2) is 60.2 Å². The third-order valence-electron chi connectivity index (χ3n) is 6.71. The average Bonchev–Trinajstić information content (AvgIpc) is 3.50. The van der Waals surface area contributed by atoms with Crippen molar-refractivity contribution in [3.63, 3.8) is 0 Å². The molecule has 2 atom stereocenters. The van der Waals surface area contributed by atoms with E-state index < -0.39 is 0 Å². The molecule has 6 rings (SSSR count). The number of phenols is 1. The number of para-hydroxylation sites is 1. The minimum atomic E-state index is 0.166. The van der Waals surface area contributed by atoms with Gasteiger partial charge in [-0.3, -0.25) is 4.68 Å². The van der Waals surface area contributed by atoms with Crippen molar-refractivity contribution in [3.05, 3.63) is 66.9 Å². The van der Waals surface area contributed by atoms with Crippen LogP contribution in [0, 0.1) is 11.8 Å². The molecule has 2 unspecified atom stereocenters. The number of anilines is 3. The number of nitrogen functional groups attached to an aromatic ring is 1. The number of aromatic hydroxyl groups is 1. The van der Waals surface area contributed by atoms with Crippen LogP contribution in [0.15, 0.2) is 61.1 Å². The van der Waals surface area contributed by atoms with Gasteiger partial charge in [-0.05, 0) is 49.1 Å². The van der Waals surface area contributed by atoms with Crippen LogP contribution in [0.25, 0.3) is 11.3 Å². The normalized spacial score (nSPS) is 18.7. The Morgan fingerprint density at radius 2 is 1.86 bits per heavy atom. The number of piperazine rings is 1. The lowest BCUT2D eigenvalue weighted by Crippen LogP contribution is -2.54. The first-order valence-corrected chi connectivity index (χ1v) is 11.9. The smallest absolute Gasteiger partial charge is 0.206 e. The summed E-state index contributed by atoms with van der Waals surface area (Å²) < 4.78 is 1.76. The predicted molar refractivity (Wildman–Crippen MR) is 136 cm³/mol. The summed E-state index contributed by atoms with van der Waals surface area (Å²) in [6.07, 6.45) is 7.51. The van der Waals surface area contributed by atoms with Crippen LogP contribution in [0.2, 0.25) is 0 Å². The summed E-state index contributed by atoms with van der Waals surface area (Å²) in [5.74, 6) is 8.11. The van der Waals surface area contributed by atoms with Gasteiger partial charge in [-0.2, -0.15) is 5.10 Å². The van der Waals surface area contributed by atoms with Gasteiger partial charge in [0.2, 0.25) is 5.82 Å². The third kappa shape index (κ3) is 4.15. The zero-order valence-corrected chi connectivity index (χ0v) is 19.6. The van der Waals surface area contributed by atoms with Crippen LogP contribution in [0.4, 0.5) is 17.3 Å². The zero-order chi connectivity index (χ0) is 24.5. The minimum Gasteiger partial charge on any atom is -0.507 e. The van der Waals surface area contributed by atoms with E-state index in [0.717, 1.165) is 37.4 Å². The zero-order valence-electron chi connectivity index (χ0n) is 19.6. The molecular formula is C26H25N9O. The first-order valence-electron chi connectivity index (χ1n) is 11.9. The van der Waals surface area contributed by atoms with Gasteiger partial charge in [0.25, 0.3) is 0 Å². The van der Waals surface area contributed by atoms with Crippen LogP contribution < -0.4 is 15.5 Å². The lowest BCUT2D eigenvalue weighted by molar-refractivity contribution is 0.477. The number of benzene rings is 1. The Hall–Kier alpha value is -4.65. The van der Waals surface area contributed by atoms with E-state index in [4.69, 9.17) is 10.7 Å². The highest BCUT2D eigenvalue weighted by atomic mass is 16.3. The average molecular weight is 480 g/mol. The molecule has 0 amide bonds. The Kier molecular flexibility index (Phi) is 5.58. The molecule has 2 bridgehead atoms. The van der Waals surface area contributed by atoms with Crippen molar-refractivity contribution in [1.82, 2.24) is 29.9 Å².